The van der Waals surface area contributed by atoms with Crippen LogP contribution in [-0.2, 0) is 17.8 Å². The number of thioether (sulfide) groups is 1. The summed E-state index contributed by atoms with van der Waals surface area (Å²) in [5.41, 5.74) is 0.581. The summed E-state index contributed by atoms with van der Waals surface area (Å²) in [6.45, 7) is 6.34. The van der Waals surface area contributed by atoms with Gasteiger partial charge in [0.05, 0.1) is 11.3 Å². The Morgan fingerprint density at radius 3 is 2.67 bits per heavy atom. The highest BCUT2D eigenvalue weighted by Gasteiger charge is 2.21. The fourth-order valence-corrected chi connectivity index (χ4v) is 3.88. The van der Waals surface area contributed by atoms with Crippen molar-refractivity contribution in [2.24, 2.45) is 0 Å². The topological polar surface area (TPSA) is 98.5 Å². The number of aromatic nitrogens is 6. The number of nitrogens with zero attached hydrogens (tertiary/aromatic N) is 6. The van der Waals surface area contributed by atoms with Crippen LogP contribution in [-0.4, -0.2) is 36.3 Å². The van der Waals surface area contributed by atoms with Crippen molar-refractivity contribution in [2.45, 2.75) is 43.8 Å². The van der Waals surface area contributed by atoms with E-state index in [1.54, 1.807) is 16.8 Å². The quantitative estimate of drug-likeness (QED) is 0.627. The number of carbonyl (C=O) groups excluding carboxylic acids is 1. The van der Waals surface area contributed by atoms with Gasteiger partial charge in [0.2, 0.25) is 10.2 Å². The van der Waals surface area contributed by atoms with Crippen molar-refractivity contribution in [3.05, 3.63) is 45.7 Å². The van der Waals surface area contributed by atoms with Crippen LogP contribution in [0.5, 0.6) is 0 Å². The Morgan fingerprint density at radius 2 is 1.96 bits per heavy atom. The summed E-state index contributed by atoms with van der Waals surface area (Å²) in [5, 5.41) is 24.2. The Bertz CT molecular complexity index is 917. The van der Waals surface area contributed by atoms with Gasteiger partial charge in [-0.3, -0.25) is 4.79 Å². The molecule has 0 saturated carbocycles. The molecule has 1 N–H and O–H groups in total. The van der Waals surface area contributed by atoms with E-state index in [-0.39, 0.29) is 22.3 Å². The zero-order chi connectivity index (χ0) is 19.4. The minimum Gasteiger partial charge on any atom is -0.346 e. The molecule has 3 rings (SSSR count). The van der Waals surface area contributed by atoms with Gasteiger partial charge in [-0.25, -0.2) is 9.07 Å². The molecule has 3 aromatic rings. The van der Waals surface area contributed by atoms with Crippen LogP contribution in [0.2, 0.25) is 0 Å². The first-order valence-corrected chi connectivity index (χ1v) is 9.90. The summed E-state index contributed by atoms with van der Waals surface area (Å²) in [4.78, 5) is 12.2. The third-order valence-corrected chi connectivity index (χ3v) is 5.46. The van der Waals surface area contributed by atoms with Crippen LogP contribution in [0.25, 0.3) is 0 Å². The lowest BCUT2D eigenvalue weighted by molar-refractivity contribution is 0.0950. The van der Waals surface area contributed by atoms with Crippen molar-refractivity contribution >= 4 is 29.0 Å². The number of tetrazole rings is 1. The van der Waals surface area contributed by atoms with Gasteiger partial charge in [0.1, 0.15) is 10.8 Å². The van der Waals surface area contributed by atoms with E-state index in [1.807, 2.05) is 20.8 Å². The lowest BCUT2D eigenvalue weighted by Gasteiger charge is -2.19. The molecule has 0 fully saturated rings. The molecule has 142 valence electrons. The first-order valence-electron chi connectivity index (χ1n) is 8.09. The molecule has 27 heavy (non-hydrogen) atoms. The molecule has 1 aromatic carbocycles. The second-order valence-electron chi connectivity index (χ2n) is 6.64. The summed E-state index contributed by atoms with van der Waals surface area (Å²) < 4.78 is 14.6. The summed E-state index contributed by atoms with van der Waals surface area (Å²) >= 11 is 2.66. The number of hydrogen-bond donors (Lipinski definition) is 1. The largest absolute Gasteiger partial charge is 0.346 e. The SMILES string of the molecule is CC(C)(C)n1nnnc1SCc1nnc(C(=O)NCc2ccc(F)cc2)s1. The van der Waals surface area contributed by atoms with Gasteiger partial charge in [0, 0.05) is 6.54 Å². The van der Waals surface area contributed by atoms with E-state index in [9.17, 15) is 9.18 Å². The van der Waals surface area contributed by atoms with Crippen molar-refractivity contribution < 1.29 is 9.18 Å². The van der Waals surface area contributed by atoms with Gasteiger partial charge in [-0.05, 0) is 48.9 Å². The number of carbonyl (C=O) groups is 1. The number of benzene rings is 1. The van der Waals surface area contributed by atoms with Crippen LogP contribution in [0.15, 0.2) is 29.4 Å². The zero-order valence-corrected chi connectivity index (χ0v) is 16.6. The van der Waals surface area contributed by atoms with Gasteiger partial charge >= 0.3 is 0 Å². The molecule has 0 atom stereocenters. The number of hydrogen-bond acceptors (Lipinski definition) is 8. The monoisotopic (exact) mass is 407 g/mol. The second-order valence-corrected chi connectivity index (χ2v) is 8.65. The summed E-state index contributed by atoms with van der Waals surface area (Å²) in [6.07, 6.45) is 0. The maximum Gasteiger partial charge on any atom is 0.282 e. The summed E-state index contributed by atoms with van der Waals surface area (Å²) in [7, 11) is 0. The third-order valence-electron chi connectivity index (χ3n) is 3.43. The standard InChI is InChI=1S/C16H18FN7OS2/c1-16(2,3)24-15(21-22-23-24)26-9-12-19-20-14(27-12)13(25)18-8-10-4-6-11(17)7-5-10/h4-7H,8-9H2,1-3H3,(H,18,25). The molecular formula is C16H18FN7OS2. The average molecular weight is 408 g/mol. The molecule has 0 spiro atoms. The fraction of sp³-hybridized carbons (Fsp3) is 0.375. The Kier molecular flexibility index (Phi) is 5.80. The molecule has 8 nitrogen and oxygen atoms in total. The molecule has 0 saturated heterocycles. The van der Waals surface area contributed by atoms with Crippen LogP contribution >= 0.6 is 23.1 Å². The Hall–Kier alpha value is -2.40. The lowest BCUT2D eigenvalue weighted by atomic mass is 10.1. The van der Waals surface area contributed by atoms with E-state index in [2.05, 4.69) is 31.0 Å². The maximum absolute atomic E-state index is 12.9. The van der Waals surface area contributed by atoms with E-state index in [0.717, 1.165) is 5.56 Å². The van der Waals surface area contributed by atoms with Crippen molar-refractivity contribution in [1.29, 1.82) is 0 Å². The van der Waals surface area contributed by atoms with Crippen molar-refractivity contribution in [1.82, 2.24) is 35.7 Å². The third kappa shape index (κ3) is 5.07. The van der Waals surface area contributed by atoms with Crippen LogP contribution in [0.4, 0.5) is 4.39 Å². The lowest BCUT2D eigenvalue weighted by Crippen LogP contribution is -2.24. The zero-order valence-electron chi connectivity index (χ0n) is 15.0. The molecule has 11 heteroatoms. The predicted molar refractivity (Wildman–Crippen MR) is 99.9 cm³/mol. The van der Waals surface area contributed by atoms with Crippen LogP contribution in [0, 0.1) is 5.82 Å². The van der Waals surface area contributed by atoms with E-state index in [1.165, 1.54) is 35.2 Å². The highest BCUT2D eigenvalue weighted by atomic mass is 32.2. The summed E-state index contributed by atoms with van der Waals surface area (Å²) in [6, 6.07) is 5.95. The molecule has 0 aliphatic heterocycles. The Morgan fingerprint density at radius 1 is 1.22 bits per heavy atom. The fourth-order valence-electron chi connectivity index (χ4n) is 2.08. The van der Waals surface area contributed by atoms with Crippen LogP contribution in [0.3, 0.4) is 0 Å². The Labute approximate surface area is 163 Å². The minimum atomic E-state index is -0.312. The van der Waals surface area contributed by atoms with E-state index >= 15 is 0 Å². The van der Waals surface area contributed by atoms with E-state index in [0.29, 0.717) is 22.5 Å². The number of rotatable bonds is 6. The molecule has 0 unspecified atom stereocenters. The van der Waals surface area contributed by atoms with E-state index < -0.39 is 0 Å². The van der Waals surface area contributed by atoms with Crippen molar-refractivity contribution in [2.75, 3.05) is 0 Å². The molecule has 1 amide bonds. The van der Waals surface area contributed by atoms with Gasteiger partial charge in [-0.2, -0.15) is 0 Å². The predicted octanol–water partition coefficient (Wildman–Crippen LogP) is 2.64. The molecule has 2 aromatic heterocycles. The van der Waals surface area contributed by atoms with Gasteiger partial charge in [-0.1, -0.05) is 35.2 Å². The Balaban J connectivity index is 1.56. The molecule has 0 aliphatic rings. The second kappa shape index (κ2) is 8.09. The van der Waals surface area contributed by atoms with Gasteiger partial charge in [0.25, 0.3) is 5.91 Å². The molecule has 0 radical (unpaired) electrons. The summed E-state index contributed by atoms with van der Waals surface area (Å²) in [5.74, 6) is -0.110. The first-order chi connectivity index (χ1) is 12.8. The first kappa shape index (κ1) is 19.4. The molecule has 0 aliphatic carbocycles. The highest BCUT2D eigenvalue weighted by molar-refractivity contribution is 7.98. The van der Waals surface area contributed by atoms with Crippen LogP contribution in [0.1, 0.15) is 41.1 Å². The molecule has 2 heterocycles. The highest BCUT2D eigenvalue weighted by Crippen LogP contribution is 2.25. The number of amides is 1. The number of halogens is 1. The van der Waals surface area contributed by atoms with Gasteiger partial charge in [-0.15, -0.1) is 15.3 Å². The van der Waals surface area contributed by atoms with Gasteiger partial charge in [0.15, 0.2) is 0 Å². The normalized spacial score (nSPS) is 11.6. The minimum absolute atomic E-state index is 0.224. The van der Waals surface area contributed by atoms with E-state index in [4.69, 9.17) is 0 Å². The maximum atomic E-state index is 12.9. The van der Waals surface area contributed by atoms with Crippen molar-refractivity contribution in [3.63, 3.8) is 0 Å². The van der Waals surface area contributed by atoms with Crippen LogP contribution < -0.4 is 5.32 Å². The molecule has 0 bridgehead atoms. The number of nitrogens with one attached hydrogen (secondary N) is 1. The van der Waals surface area contributed by atoms with Gasteiger partial charge < -0.3 is 5.32 Å². The average Bonchev–Trinajstić information content (AvgIpc) is 3.28. The smallest absolute Gasteiger partial charge is 0.282 e. The molecular weight excluding hydrogens is 389 g/mol. The van der Waals surface area contributed by atoms with Crippen molar-refractivity contribution in [3.8, 4) is 0 Å².